The van der Waals surface area contributed by atoms with Gasteiger partial charge in [0.1, 0.15) is 0 Å². The summed E-state index contributed by atoms with van der Waals surface area (Å²) in [7, 11) is 7.94. The minimum absolute atomic E-state index is 0.306. The summed E-state index contributed by atoms with van der Waals surface area (Å²) in [6, 6.07) is 0. The van der Waals surface area contributed by atoms with Crippen molar-refractivity contribution in [1.82, 2.24) is 9.80 Å². The first-order valence-corrected chi connectivity index (χ1v) is 4.63. The van der Waals surface area contributed by atoms with E-state index < -0.39 is 0 Å². The van der Waals surface area contributed by atoms with Crippen molar-refractivity contribution in [2.45, 2.75) is 20.8 Å². The van der Waals surface area contributed by atoms with Crippen molar-refractivity contribution in [2.75, 3.05) is 34.7 Å². The molecular formula is C10H23N3. The third-order valence-electron chi connectivity index (χ3n) is 1.65. The molecule has 0 amide bonds. The van der Waals surface area contributed by atoms with Crippen LogP contribution in [0.25, 0.3) is 0 Å². The standard InChI is InChI=1S/C10H23N3/c1-10(2,3)8-13(7)9(11-4)12(5)6/h8H2,1-7H3/b11-9+. The van der Waals surface area contributed by atoms with E-state index in [1.807, 2.05) is 26.0 Å². The van der Waals surface area contributed by atoms with Crippen LogP contribution in [0.3, 0.4) is 0 Å². The number of aliphatic imine (C=N–C) groups is 1. The molecule has 13 heavy (non-hydrogen) atoms. The smallest absolute Gasteiger partial charge is 0.195 e. The van der Waals surface area contributed by atoms with Gasteiger partial charge in [0.15, 0.2) is 5.96 Å². The molecular weight excluding hydrogens is 162 g/mol. The second-order valence-corrected chi connectivity index (χ2v) is 4.83. The molecule has 0 bridgehead atoms. The van der Waals surface area contributed by atoms with Gasteiger partial charge in [0.25, 0.3) is 0 Å². The lowest BCUT2D eigenvalue weighted by atomic mass is 9.96. The summed E-state index contributed by atoms with van der Waals surface area (Å²) in [5.74, 6) is 1.02. The largest absolute Gasteiger partial charge is 0.349 e. The van der Waals surface area contributed by atoms with Crippen molar-refractivity contribution in [2.24, 2.45) is 10.4 Å². The van der Waals surface area contributed by atoms with Gasteiger partial charge >= 0.3 is 0 Å². The van der Waals surface area contributed by atoms with E-state index in [4.69, 9.17) is 0 Å². The average molecular weight is 185 g/mol. The maximum atomic E-state index is 4.24. The van der Waals surface area contributed by atoms with Gasteiger partial charge in [-0.1, -0.05) is 20.8 Å². The van der Waals surface area contributed by atoms with Crippen LogP contribution in [0.15, 0.2) is 4.99 Å². The summed E-state index contributed by atoms with van der Waals surface area (Å²) in [4.78, 5) is 8.45. The molecule has 0 saturated heterocycles. The fourth-order valence-corrected chi connectivity index (χ4v) is 1.49. The van der Waals surface area contributed by atoms with Crippen LogP contribution in [0.1, 0.15) is 20.8 Å². The van der Waals surface area contributed by atoms with Gasteiger partial charge in [-0.05, 0) is 5.41 Å². The molecule has 0 rings (SSSR count). The zero-order valence-corrected chi connectivity index (χ0v) is 10.0. The molecule has 0 aliphatic heterocycles. The number of hydrogen-bond donors (Lipinski definition) is 0. The molecule has 3 nitrogen and oxygen atoms in total. The van der Waals surface area contributed by atoms with E-state index >= 15 is 0 Å². The Morgan fingerprint density at radius 1 is 1.15 bits per heavy atom. The molecule has 0 unspecified atom stereocenters. The van der Waals surface area contributed by atoms with Crippen molar-refractivity contribution >= 4 is 5.96 Å². The normalized spacial score (nSPS) is 13.0. The number of guanidine groups is 1. The Morgan fingerprint density at radius 2 is 1.62 bits per heavy atom. The first-order valence-electron chi connectivity index (χ1n) is 4.63. The van der Waals surface area contributed by atoms with Gasteiger partial charge in [-0.3, -0.25) is 4.99 Å². The summed E-state index contributed by atoms with van der Waals surface area (Å²) in [6.45, 7) is 7.70. The van der Waals surface area contributed by atoms with E-state index in [9.17, 15) is 0 Å². The van der Waals surface area contributed by atoms with Crippen LogP contribution in [0.5, 0.6) is 0 Å². The summed E-state index contributed by atoms with van der Waals surface area (Å²) in [5.41, 5.74) is 0.306. The Kier molecular flexibility index (Phi) is 4.24. The van der Waals surface area contributed by atoms with Gasteiger partial charge < -0.3 is 9.80 Å². The van der Waals surface area contributed by atoms with Crippen molar-refractivity contribution in [3.8, 4) is 0 Å². The maximum Gasteiger partial charge on any atom is 0.195 e. The van der Waals surface area contributed by atoms with E-state index in [1.54, 1.807) is 0 Å². The Morgan fingerprint density at radius 3 is 1.85 bits per heavy atom. The number of rotatable bonds is 1. The van der Waals surface area contributed by atoms with Crippen molar-refractivity contribution in [1.29, 1.82) is 0 Å². The van der Waals surface area contributed by atoms with Crippen LogP contribution in [0, 0.1) is 5.41 Å². The lowest BCUT2D eigenvalue weighted by Crippen LogP contribution is -2.41. The molecule has 0 aromatic rings. The van der Waals surface area contributed by atoms with Gasteiger partial charge in [0, 0.05) is 34.7 Å². The van der Waals surface area contributed by atoms with Crippen LogP contribution in [0.4, 0.5) is 0 Å². The van der Waals surface area contributed by atoms with Gasteiger partial charge in [-0.15, -0.1) is 0 Å². The molecule has 0 aliphatic rings. The lowest BCUT2D eigenvalue weighted by molar-refractivity contribution is 0.286. The van der Waals surface area contributed by atoms with E-state index in [0.29, 0.717) is 5.41 Å². The van der Waals surface area contributed by atoms with E-state index in [2.05, 4.69) is 37.7 Å². The maximum absolute atomic E-state index is 4.24. The summed E-state index contributed by atoms with van der Waals surface area (Å²) >= 11 is 0. The van der Waals surface area contributed by atoms with Crippen molar-refractivity contribution < 1.29 is 0 Å². The highest BCUT2D eigenvalue weighted by Gasteiger charge is 2.16. The monoisotopic (exact) mass is 185 g/mol. The van der Waals surface area contributed by atoms with Gasteiger partial charge in [0.05, 0.1) is 0 Å². The predicted molar refractivity (Wildman–Crippen MR) is 59.1 cm³/mol. The summed E-state index contributed by atoms with van der Waals surface area (Å²) < 4.78 is 0. The first kappa shape index (κ1) is 12.3. The molecule has 0 heterocycles. The third kappa shape index (κ3) is 4.76. The Bertz CT molecular complexity index is 177. The highest BCUT2D eigenvalue weighted by molar-refractivity contribution is 5.79. The van der Waals surface area contributed by atoms with Gasteiger partial charge in [0.2, 0.25) is 0 Å². The predicted octanol–water partition coefficient (Wildman–Crippen LogP) is 1.51. The second-order valence-electron chi connectivity index (χ2n) is 4.83. The molecule has 0 aromatic heterocycles. The van der Waals surface area contributed by atoms with E-state index in [1.165, 1.54) is 0 Å². The first-order chi connectivity index (χ1) is 5.78. The number of nitrogens with zero attached hydrogens (tertiary/aromatic N) is 3. The highest BCUT2D eigenvalue weighted by atomic mass is 15.3. The minimum atomic E-state index is 0.306. The Balaban J connectivity index is 4.33. The lowest BCUT2D eigenvalue weighted by Gasteiger charge is -2.31. The van der Waals surface area contributed by atoms with Crippen LogP contribution >= 0.6 is 0 Å². The van der Waals surface area contributed by atoms with Crippen LogP contribution in [0.2, 0.25) is 0 Å². The molecule has 0 atom stereocenters. The fourth-order valence-electron chi connectivity index (χ4n) is 1.49. The highest BCUT2D eigenvalue weighted by Crippen LogP contribution is 2.14. The zero-order valence-electron chi connectivity index (χ0n) is 10.0. The van der Waals surface area contributed by atoms with Crippen molar-refractivity contribution in [3.05, 3.63) is 0 Å². The molecule has 0 saturated carbocycles. The number of hydrogen-bond acceptors (Lipinski definition) is 1. The van der Waals surface area contributed by atoms with Gasteiger partial charge in [-0.2, -0.15) is 0 Å². The van der Waals surface area contributed by atoms with Crippen molar-refractivity contribution in [3.63, 3.8) is 0 Å². The van der Waals surface area contributed by atoms with E-state index in [-0.39, 0.29) is 0 Å². The summed E-state index contributed by atoms with van der Waals surface area (Å²) in [6.07, 6.45) is 0. The molecule has 0 radical (unpaired) electrons. The molecule has 0 N–H and O–H groups in total. The third-order valence-corrected chi connectivity index (χ3v) is 1.65. The second kappa shape index (κ2) is 4.49. The SMILES string of the molecule is C/N=C(\N(C)C)N(C)CC(C)(C)C. The molecule has 3 heteroatoms. The van der Waals surface area contributed by atoms with Crippen LogP contribution in [-0.2, 0) is 0 Å². The molecule has 0 spiro atoms. The van der Waals surface area contributed by atoms with E-state index in [0.717, 1.165) is 12.5 Å². The van der Waals surface area contributed by atoms with Crippen LogP contribution in [-0.4, -0.2) is 50.5 Å². The molecule has 0 aromatic carbocycles. The topological polar surface area (TPSA) is 18.8 Å². The Labute approximate surface area is 82.4 Å². The zero-order chi connectivity index (χ0) is 10.6. The molecule has 0 fully saturated rings. The van der Waals surface area contributed by atoms with Gasteiger partial charge in [-0.25, -0.2) is 0 Å². The fraction of sp³-hybridized carbons (Fsp3) is 0.900. The Hall–Kier alpha value is -0.730. The average Bonchev–Trinajstić information content (AvgIpc) is 1.82. The molecule has 0 aliphatic carbocycles. The quantitative estimate of drug-likeness (QED) is 0.455. The molecule has 78 valence electrons. The van der Waals surface area contributed by atoms with Crippen LogP contribution < -0.4 is 0 Å². The minimum Gasteiger partial charge on any atom is -0.349 e. The summed E-state index contributed by atoms with van der Waals surface area (Å²) in [5, 5.41) is 0.